The first-order chi connectivity index (χ1) is 16.3. The van der Waals surface area contributed by atoms with Crippen molar-refractivity contribution in [1.29, 1.82) is 0 Å². The van der Waals surface area contributed by atoms with Crippen LogP contribution in [-0.4, -0.2) is 40.7 Å². The molecule has 3 N–H and O–H groups in total. The molecule has 174 valence electrons. The second-order valence-electron chi connectivity index (χ2n) is 7.08. The molecule has 12 heteroatoms. The van der Waals surface area contributed by atoms with E-state index in [0.717, 1.165) is 5.56 Å². The standard InChI is InChI=1S/C22H21FN8O2S/c1-15(16-6-8-19(9-7-16)34(32,33)24-2)29-30-20-13-21(31-11-10-25-14-31)28-22(27-20)26-18-5-3-4-17(23)12-18/h3-14,24H,1-2H3,(H2,26,27,28,30). The zero-order valence-corrected chi connectivity index (χ0v) is 19.1. The molecule has 0 fully saturated rings. The molecule has 0 aliphatic carbocycles. The highest BCUT2D eigenvalue weighted by Gasteiger charge is 2.11. The highest BCUT2D eigenvalue weighted by atomic mass is 32.2. The van der Waals surface area contributed by atoms with Crippen LogP contribution < -0.4 is 15.5 Å². The van der Waals surface area contributed by atoms with Gasteiger partial charge in [0, 0.05) is 24.1 Å². The maximum Gasteiger partial charge on any atom is 0.240 e. The molecule has 4 aromatic rings. The van der Waals surface area contributed by atoms with Gasteiger partial charge < -0.3 is 5.32 Å². The number of aromatic nitrogens is 4. The Labute approximate surface area is 195 Å². The number of halogens is 1. The first kappa shape index (κ1) is 23.0. The Bertz CT molecular complexity index is 1420. The molecule has 0 saturated heterocycles. The number of hydrazone groups is 1. The van der Waals surface area contributed by atoms with Crippen LogP contribution in [-0.2, 0) is 10.0 Å². The van der Waals surface area contributed by atoms with Gasteiger partial charge in [-0.2, -0.15) is 15.1 Å². The van der Waals surface area contributed by atoms with Crippen molar-refractivity contribution in [3.63, 3.8) is 0 Å². The maximum atomic E-state index is 13.6. The molecule has 4 rings (SSSR count). The fourth-order valence-corrected chi connectivity index (χ4v) is 3.70. The molecule has 0 spiro atoms. The average molecular weight is 481 g/mol. The van der Waals surface area contributed by atoms with E-state index in [1.807, 2.05) is 0 Å². The van der Waals surface area contributed by atoms with Crippen LogP contribution in [0.3, 0.4) is 0 Å². The predicted octanol–water partition coefficient (Wildman–Crippen LogP) is 3.29. The summed E-state index contributed by atoms with van der Waals surface area (Å²) in [6.07, 6.45) is 4.94. The van der Waals surface area contributed by atoms with Gasteiger partial charge >= 0.3 is 0 Å². The lowest BCUT2D eigenvalue weighted by molar-refractivity contribution is 0.588. The number of benzene rings is 2. The molecule has 2 heterocycles. The van der Waals surface area contributed by atoms with Crippen molar-refractivity contribution < 1.29 is 12.8 Å². The van der Waals surface area contributed by atoms with Crippen LogP contribution in [0.4, 0.5) is 21.8 Å². The minimum Gasteiger partial charge on any atom is -0.324 e. The highest BCUT2D eigenvalue weighted by Crippen LogP contribution is 2.19. The van der Waals surface area contributed by atoms with Crippen molar-refractivity contribution in [3.8, 4) is 5.82 Å². The van der Waals surface area contributed by atoms with Crippen LogP contribution in [0.1, 0.15) is 12.5 Å². The lowest BCUT2D eigenvalue weighted by atomic mass is 10.1. The van der Waals surface area contributed by atoms with Crippen LogP contribution in [0.2, 0.25) is 0 Å². The molecule has 0 saturated carbocycles. The lowest BCUT2D eigenvalue weighted by Crippen LogP contribution is -2.18. The molecule has 10 nitrogen and oxygen atoms in total. The van der Waals surface area contributed by atoms with Gasteiger partial charge in [-0.15, -0.1) is 0 Å². The minimum absolute atomic E-state index is 0.161. The van der Waals surface area contributed by atoms with Crippen molar-refractivity contribution in [1.82, 2.24) is 24.2 Å². The van der Waals surface area contributed by atoms with Crippen molar-refractivity contribution >= 4 is 33.2 Å². The van der Waals surface area contributed by atoms with Gasteiger partial charge in [-0.25, -0.2) is 22.5 Å². The minimum atomic E-state index is -3.52. The molecule has 34 heavy (non-hydrogen) atoms. The Hall–Kier alpha value is -4.16. The Balaban J connectivity index is 1.60. The summed E-state index contributed by atoms with van der Waals surface area (Å²) in [6.45, 7) is 1.78. The summed E-state index contributed by atoms with van der Waals surface area (Å²) in [4.78, 5) is 13.1. The largest absolute Gasteiger partial charge is 0.324 e. The van der Waals surface area contributed by atoms with Gasteiger partial charge in [0.25, 0.3) is 0 Å². The number of sulfonamides is 1. The van der Waals surface area contributed by atoms with E-state index in [1.165, 1.54) is 31.3 Å². The molecule has 0 bridgehead atoms. The van der Waals surface area contributed by atoms with Gasteiger partial charge in [-0.1, -0.05) is 18.2 Å². The molecule has 0 aliphatic rings. The van der Waals surface area contributed by atoms with Gasteiger partial charge in [0.2, 0.25) is 16.0 Å². The summed E-state index contributed by atoms with van der Waals surface area (Å²) in [6, 6.07) is 14.0. The van der Waals surface area contributed by atoms with Crippen LogP contribution in [0.5, 0.6) is 0 Å². The summed E-state index contributed by atoms with van der Waals surface area (Å²) >= 11 is 0. The van der Waals surface area contributed by atoms with E-state index in [1.54, 1.807) is 60.5 Å². The van der Waals surface area contributed by atoms with E-state index in [9.17, 15) is 12.8 Å². The number of imidazole rings is 1. The third-order valence-electron chi connectivity index (χ3n) is 4.75. The first-order valence-electron chi connectivity index (χ1n) is 10.1. The maximum absolute atomic E-state index is 13.6. The summed E-state index contributed by atoms with van der Waals surface area (Å²) < 4.78 is 41.4. The number of nitrogens with one attached hydrogen (secondary N) is 3. The Kier molecular flexibility index (Phi) is 6.61. The van der Waals surface area contributed by atoms with Crippen LogP contribution in [0.15, 0.2) is 83.3 Å². The third-order valence-corrected chi connectivity index (χ3v) is 6.18. The van der Waals surface area contributed by atoms with Crippen molar-refractivity contribution in [2.24, 2.45) is 5.10 Å². The van der Waals surface area contributed by atoms with Crippen LogP contribution in [0, 0.1) is 5.82 Å². The fourth-order valence-electron chi connectivity index (χ4n) is 2.97. The van der Waals surface area contributed by atoms with Crippen molar-refractivity contribution in [3.05, 3.63) is 84.7 Å². The summed E-state index contributed by atoms with van der Waals surface area (Å²) in [5.74, 6) is 0.742. The molecule has 2 aromatic carbocycles. The molecule has 0 aliphatic heterocycles. The second kappa shape index (κ2) is 9.77. The first-order valence-corrected chi connectivity index (χ1v) is 11.6. The fraction of sp³-hybridized carbons (Fsp3) is 0.0909. The summed E-state index contributed by atoms with van der Waals surface area (Å²) in [5, 5.41) is 7.35. The van der Waals surface area contributed by atoms with E-state index >= 15 is 0 Å². The molecule has 2 aromatic heterocycles. The van der Waals surface area contributed by atoms with Crippen LogP contribution >= 0.6 is 0 Å². The number of hydrogen-bond acceptors (Lipinski definition) is 8. The van der Waals surface area contributed by atoms with Gasteiger partial charge in [-0.05, 0) is 49.9 Å². The summed E-state index contributed by atoms with van der Waals surface area (Å²) in [5.41, 5.74) is 4.72. The summed E-state index contributed by atoms with van der Waals surface area (Å²) in [7, 11) is -2.16. The van der Waals surface area contributed by atoms with E-state index in [0.29, 0.717) is 23.0 Å². The van der Waals surface area contributed by atoms with E-state index < -0.39 is 10.0 Å². The second-order valence-corrected chi connectivity index (χ2v) is 8.97. The molecule has 0 radical (unpaired) electrons. The number of nitrogens with zero attached hydrogens (tertiary/aromatic N) is 5. The zero-order chi connectivity index (χ0) is 24.1. The highest BCUT2D eigenvalue weighted by molar-refractivity contribution is 7.89. The van der Waals surface area contributed by atoms with Gasteiger partial charge in [0.05, 0.1) is 10.6 Å². The predicted molar refractivity (Wildman–Crippen MR) is 127 cm³/mol. The van der Waals surface area contributed by atoms with E-state index in [4.69, 9.17) is 0 Å². The van der Waals surface area contributed by atoms with E-state index in [-0.39, 0.29) is 16.7 Å². The lowest BCUT2D eigenvalue weighted by Gasteiger charge is -2.10. The Morgan fingerprint density at radius 1 is 1.09 bits per heavy atom. The monoisotopic (exact) mass is 480 g/mol. The smallest absolute Gasteiger partial charge is 0.240 e. The normalized spacial score (nSPS) is 11.9. The third kappa shape index (κ3) is 5.42. The van der Waals surface area contributed by atoms with Gasteiger partial charge in [0.15, 0.2) is 5.82 Å². The molecule has 0 atom stereocenters. The van der Waals surface area contributed by atoms with Crippen molar-refractivity contribution in [2.75, 3.05) is 17.8 Å². The zero-order valence-electron chi connectivity index (χ0n) is 18.3. The average Bonchev–Trinajstić information content (AvgIpc) is 3.38. The van der Waals surface area contributed by atoms with Crippen LogP contribution in [0.25, 0.3) is 5.82 Å². The molecular formula is C22H21FN8O2S. The SMILES string of the molecule is CNS(=O)(=O)c1ccc(C(C)=NNc2cc(-n3ccnc3)nc(Nc3cccc(F)c3)n2)cc1. The quantitative estimate of drug-likeness (QED) is 0.261. The topological polar surface area (TPSA) is 126 Å². The number of hydrogen-bond donors (Lipinski definition) is 3. The Morgan fingerprint density at radius 2 is 1.88 bits per heavy atom. The van der Waals surface area contributed by atoms with E-state index in [2.05, 4.69) is 35.5 Å². The van der Waals surface area contributed by atoms with Crippen molar-refractivity contribution in [2.45, 2.75) is 11.8 Å². The molecule has 0 amide bonds. The molecular weight excluding hydrogens is 459 g/mol. The Morgan fingerprint density at radius 3 is 2.56 bits per heavy atom. The number of anilines is 3. The van der Waals surface area contributed by atoms with Gasteiger partial charge in [-0.3, -0.25) is 9.99 Å². The number of rotatable bonds is 8. The molecule has 0 unspecified atom stereocenters. The van der Waals surface area contributed by atoms with Gasteiger partial charge in [0.1, 0.15) is 18.0 Å².